The first-order chi connectivity index (χ1) is 9.87. The van der Waals surface area contributed by atoms with Crippen molar-refractivity contribution < 1.29 is 4.79 Å². The molecule has 9 heteroatoms. The molecule has 0 saturated heterocycles. The summed E-state index contributed by atoms with van der Waals surface area (Å²) >= 11 is 2.82. The van der Waals surface area contributed by atoms with Crippen LogP contribution in [-0.2, 0) is 6.54 Å². The van der Waals surface area contributed by atoms with Crippen LogP contribution in [-0.4, -0.2) is 37.4 Å². The third kappa shape index (κ3) is 4.78. The highest BCUT2D eigenvalue weighted by Crippen LogP contribution is 2.23. The molecule has 0 radical (unpaired) electrons. The van der Waals surface area contributed by atoms with Gasteiger partial charge in [0.15, 0.2) is 10.0 Å². The van der Waals surface area contributed by atoms with E-state index >= 15 is 0 Å². The Labute approximate surface area is 131 Å². The Bertz CT molecular complexity index is 615. The van der Waals surface area contributed by atoms with Crippen LogP contribution in [0, 0.1) is 5.41 Å². The van der Waals surface area contributed by atoms with E-state index in [1.54, 1.807) is 10.9 Å². The SMILES string of the molecule is CSc1nnc(NC(=O)c2cn(CCC(C)(C)C)nn2)s1. The second-order valence-corrected chi connectivity index (χ2v) is 7.74. The van der Waals surface area contributed by atoms with Crippen molar-refractivity contribution in [1.82, 2.24) is 25.2 Å². The molecule has 1 amide bonds. The van der Waals surface area contributed by atoms with Crippen LogP contribution < -0.4 is 5.32 Å². The Hall–Kier alpha value is -1.48. The zero-order valence-corrected chi connectivity index (χ0v) is 14.1. The average molecular weight is 326 g/mol. The number of hydrogen-bond donors (Lipinski definition) is 1. The first-order valence-corrected chi connectivity index (χ1v) is 8.50. The van der Waals surface area contributed by atoms with Gasteiger partial charge in [0.05, 0.1) is 6.20 Å². The first-order valence-electron chi connectivity index (χ1n) is 6.46. The lowest BCUT2D eigenvalue weighted by Gasteiger charge is -2.17. The Morgan fingerprint density at radius 1 is 1.38 bits per heavy atom. The molecule has 2 rings (SSSR count). The number of carbonyl (C=O) groups excluding carboxylic acids is 1. The van der Waals surface area contributed by atoms with Gasteiger partial charge in [0.2, 0.25) is 5.13 Å². The van der Waals surface area contributed by atoms with E-state index in [0.29, 0.717) is 5.13 Å². The molecular formula is C12H18N6OS2. The number of rotatable bonds is 5. The molecule has 0 spiro atoms. The number of nitrogens with zero attached hydrogens (tertiary/aromatic N) is 5. The van der Waals surface area contributed by atoms with Crippen LogP contribution >= 0.6 is 23.1 Å². The molecule has 2 aromatic heterocycles. The minimum atomic E-state index is -0.319. The average Bonchev–Trinajstić information content (AvgIpc) is 3.04. The summed E-state index contributed by atoms with van der Waals surface area (Å²) in [6, 6.07) is 0. The lowest BCUT2D eigenvalue weighted by molar-refractivity contribution is 0.102. The second kappa shape index (κ2) is 6.52. The minimum absolute atomic E-state index is 0.217. The number of amides is 1. The van der Waals surface area contributed by atoms with Gasteiger partial charge in [0.1, 0.15) is 0 Å². The van der Waals surface area contributed by atoms with Gasteiger partial charge in [0.25, 0.3) is 5.91 Å². The molecule has 0 bridgehead atoms. The fourth-order valence-electron chi connectivity index (χ4n) is 1.47. The van der Waals surface area contributed by atoms with Crippen LogP contribution in [0.15, 0.2) is 10.5 Å². The van der Waals surface area contributed by atoms with Crippen molar-refractivity contribution in [2.75, 3.05) is 11.6 Å². The lowest BCUT2D eigenvalue weighted by Crippen LogP contribution is -2.12. The van der Waals surface area contributed by atoms with Gasteiger partial charge >= 0.3 is 0 Å². The fourth-order valence-corrected chi connectivity index (χ4v) is 2.63. The Balaban J connectivity index is 1.95. The third-order valence-electron chi connectivity index (χ3n) is 2.66. The summed E-state index contributed by atoms with van der Waals surface area (Å²) in [4.78, 5) is 12.0. The molecule has 0 aliphatic carbocycles. The van der Waals surface area contributed by atoms with Crippen molar-refractivity contribution in [2.24, 2.45) is 5.41 Å². The first kappa shape index (κ1) is 15.9. The fraction of sp³-hybridized carbons (Fsp3) is 0.583. The molecule has 2 aromatic rings. The maximum absolute atomic E-state index is 12.0. The quantitative estimate of drug-likeness (QED) is 0.671. The standard InChI is InChI=1S/C12H18N6OS2/c1-12(2,3)5-6-18-7-8(14-17-18)9(19)13-10-15-16-11(20-4)21-10/h7H,5-6H2,1-4H3,(H,13,15,19). The van der Waals surface area contributed by atoms with Crippen LogP contribution in [0.25, 0.3) is 0 Å². The number of anilines is 1. The van der Waals surface area contributed by atoms with E-state index in [-0.39, 0.29) is 17.0 Å². The monoisotopic (exact) mass is 326 g/mol. The summed E-state index contributed by atoms with van der Waals surface area (Å²) in [7, 11) is 0. The highest BCUT2D eigenvalue weighted by Gasteiger charge is 2.15. The number of hydrogen-bond acceptors (Lipinski definition) is 7. The van der Waals surface area contributed by atoms with Gasteiger partial charge in [-0.3, -0.25) is 14.8 Å². The molecule has 0 fully saturated rings. The van der Waals surface area contributed by atoms with E-state index in [1.807, 2.05) is 6.26 Å². The zero-order valence-electron chi connectivity index (χ0n) is 12.5. The number of nitrogens with one attached hydrogen (secondary N) is 1. The van der Waals surface area contributed by atoms with E-state index < -0.39 is 0 Å². The molecule has 0 aliphatic heterocycles. The van der Waals surface area contributed by atoms with Crippen molar-refractivity contribution in [3.05, 3.63) is 11.9 Å². The summed E-state index contributed by atoms with van der Waals surface area (Å²) in [5, 5.41) is 18.8. The summed E-state index contributed by atoms with van der Waals surface area (Å²) in [6.45, 7) is 7.22. The van der Waals surface area contributed by atoms with Crippen molar-refractivity contribution in [2.45, 2.75) is 38.1 Å². The molecule has 21 heavy (non-hydrogen) atoms. The van der Waals surface area contributed by atoms with Crippen LogP contribution in [0.2, 0.25) is 0 Å². The van der Waals surface area contributed by atoms with Gasteiger partial charge in [-0.15, -0.1) is 15.3 Å². The second-order valence-electron chi connectivity index (χ2n) is 5.71. The van der Waals surface area contributed by atoms with Gasteiger partial charge in [-0.25, -0.2) is 0 Å². The van der Waals surface area contributed by atoms with E-state index in [9.17, 15) is 4.79 Å². The maximum atomic E-state index is 12.0. The van der Waals surface area contributed by atoms with E-state index in [2.05, 4.69) is 46.6 Å². The zero-order chi connectivity index (χ0) is 15.5. The van der Waals surface area contributed by atoms with Gasteiger partial charge in [-0.05, 0) is 18.1 Å². The highest BCUT2D eigenvalue weighted by molar-refractivity contribution is 8.00. The van der Waals surface area contributed by atoms with E-state index in [0.717, 1.165) is 17.3 Å². The highest BCUT2D eigenvalue weighted by atomic mass is 32.2. The predicted octanol–water partition coefficient (Wildman–Crippen LogP) is 2.54. The summed E-state index contributed by atoms with van der Waals surface area (Å²) in [6.07, 6.45) is 4.52. The van der Waals surface area contributed by atoms with Crippen molar-refractivity contribution in [3.8, 4) is 0 Å². The summed E-state index contributed by atoms with van der Waals surface area (Å²) < 4.78 is 2.49. The summed E-state index contributed by atoms with van der Waals surface area (Å²) in [5.41, 5.74) is 0.500. The van der Waals surface area contributed by atoms with Crippen molar-refractivity contribution in [3.63, 3.8) is 0 Å². The molecule has 0 aliphatic rings. The Morgan fingerprint density at radius 3 is 2.76 bits per heavy atom. The maximum Gasteiger partial charge on any atom is 0.279 e. The molecule has 114 valence electrons. The molecule has 2 heterocycles. The molecule has 1 N–H and O–H groups in total. The van der Waals surface area contributed by atoms with Gasteiger partial charge < -0.3 is 0 Å². The molecule has 7 nitrogen and oxygen atoms in total. The third-order valence-corrected chi connectivity index (χ3v) is 4.48. The van der Waals surface area contributed by atoms with Crippen LogP contribution in [0.1, 0.15) is 37.7 Å². The van der Waals surface area contributed by atoms with Crippen molar-refractivity contribution >= 4 is 34.1 Å². The molecule has 0 unspecified atom stereocenters. The number of carbonyl (C=O) groups is 1. The Kier molecular flexibility index (Phi) is 4.94. The summed E-state index contributed by atoms with van der Waals surface area (Å²) in [5.74, 6) is -0.319. The number of aromatic nitrogens is 5. The molecule has 0 atom stereocenters. The van der Waals surface area contributed by atoms with E-state index in [1.165, 1.54) is 23.1 Å². The van der Waals surface area contributed by atoms with Crippen LogP contribution in [0.4, 0.5) is 5.13 Å². The van der Waals surface area contributed by atoms with Crippen molar-refractivity contribution in [1.29, 1.82) is 0 Å². The van der Waals surface area contributed by atoms with E-state index in [4.69, 9.17) is 0 Å². The topological polar surface area (TPSA) is 85.6 Å². The molecule has 0 saturated carbocycles. The molecular weight excluding hydrogens is 308 g/mol. The van der Waals surface area contributed by atoms with Gasteiger partial charge in [-0.2, -0.15) is 0 Å². The number of thioether (sulfide) groups is 1. The smallest absolute Gasteiger partial charge is 0.279 e. The predicted molar refractivity (Wildman–Crippen MR) is 83.7 cm³/mol. The lowest BCUT2D eigenvalue weighted by atomic mass is 9.92. The van der Waals surface area contributed by atoms with Gasteiger partial charge in [-0.1, -0.05) is 49.1 Å². The number of aryl methyl sites for hydroxylation is 1. The largest absolute Gasteiger partial charge is 0.295 e. The Morgan fingerprint density at radius 2 is 2.14 bits per heavy atom. The molecule has 0 aromatic carbocycles. The normalized spacial score (nSPS) is 11.6. The minimum Gasteiger partial charge on any atom is -0.295 e. The van der Waals surface area contributed by atoms with Gasteiger partial charge in [0, 0.05) is 6.54 Å². The van der Waals surface area contributed by atoms with Crippen LogP contribution in [0.3, 0.4) is 0 Å². The van der Waals surface area contributed by atoms with Crippen LogP contribution in [0.5, 0.6) is 0 Å².